The van der Waals surface area contributed by atoms with Crippen molar-refractivity contribution in [2.75, 3.05) is 26.8 Å². The van der Waals surface area contributed by atoms with E-state index in [9.17, 15) is 34.8 Å². The van der Waals surface area contributed by atoms with Gasteiger partial charge in [0.05, 0.1) is 6.54 Å². The highest BCUT2D eigenvalue weighted by molar-refractivity contribution is 5.90. The summed E-state index contributed by atoms with van der Waals surface area (Å²) in [6.07, 6.45) is 10.1. The van der Waals surface area contributed by atoms with E-state index in [1.54, 1.807) is 6.08 Å². The maximum atomic E-state index is 13.4. The fourth-order valence-corrected chi connectivity index (χ4v) is 5.53. The Kier molecular flexibility index (Phi) is 21.3. The molecule has 0 unspecified atom stereocenters. The second kappa shape index (κ2) is 23.3. The lowest BCUT2D eigenvalue weighted by Gasteiger charge is -2.29. The smallest absolute Gasteiger partial charge is 0.306 e. The lowest BCUT2D eigenvalue weighted by Crippen LogP contribution is -2.56. The first kappa shape index (κ1) is 42.0. The average Bonchev–Trinajstić information content (AvgIpc) is 3.14. The molecule has 1 aliphatic heterocycles. The summed E-state index contributed by atoms with van der Waals surface area (Å²) in [4.78, 5) is 40.7. The Morgan fingerprint density at radius 1 is 0.935 bits per heavy atom. The molecule has 1 fully saturated rings. The second-order valence-corrected chi connectivity index (χ2v) is 13.8. The minimum Gasteiger partial charge on any atom is -0.460 e. The van der Waals surface area contributed by atoms with Crippen LogP contribution in [0.25, 0.3) is 0 Å². The number of hydrogen-bond acceptors (Lipinski definition) is 9. The number of rotatable bonds is 23. The first-order valence-corrected chi connectivity index (χ1v) is 17.5. The number of nitrogens with one attached hydrogen (secondary N) is 1. The van der Waals surface area contributed by atoms with E-state index in [0.717, 1.165) is 19.3 Å². The van der Waals surface area contributed by atoms with Crippen LogP contribution in [0.2, 0.25) is 0 Å². The van der Waals surface area contributed by atoms with E-state index >= 15 is 0 Å². The van der Waals surface area contributed by atoms with Crippen molar-refractivity contribution in [1.82, 2.24) is 10.2 Å². The van der Waals surface area contributed by atoms with Gasteiger partial charge in [-0.2, -0.15) is 0 Å². The number of ether oxygens (including phenoxy) is 2. The number of hydrogen-bond donors (Lipinski definition) is 5. The van der Waals surface area contributed by atoms with Gasteiger partial charge in [-0.05, 0) is 31.1 Å². The standard InChI is InChI=1S/C35H64N2O9/c1-6-7-8-9-10-11-12-13-14-15-16-18-29(40)46-26-19-20-27(34(44)37(25-26)23-17-24-38)36-33(43)32(45-5)31(42)30(41)28(39)21-22-35(2,3)4/h21-22,26-28,30-32,38-39,41-42H,6-20,23-25H2,1-5H3,(H,36,43)/b22-21+/t26-,27-,28+,30-,31+,32+/m0/s1. The molecule has 1 rings (SSSR count). The lowest BCUT2D eigenvalue weighted by atomic mass is 9.94. The van der Waals surface area contributed by atoms with Crippen molar-refractivity contribution in [3.8, 4) is 0 Å². The molecule has 0 bridgehead atoms. The van der Waals surface area contributed by atoms with Gasteiger partial charge in [-0.15, -0.1) is 0 Å². The van der Waals surface area contributed by atoms with E-state index in [2.05, 4.69) is 12.2 Å². The predicted molar refractivity (Wildman–Crippen MR) is 178 cm³/mol. The molecule has 6 atom stereocenters. The molecule has 0 spiro atoms. The van der Waals surface area contributed by atoms with Gasteiger partial charge in [0.15, 0.2) is 6.10 Å². The minimum absolute atomic E-state index is 0.133. The number of aliphatic hydroxyl groups excluding tert-OH is 4. The Labute approximate surface area is 277 Å². The van der Waals surface area contributed by atoms with Crippen LogP contribution in [-0.4, -0.2) is 106 Å². The second-order valence-electron chi connectivity index (χ2n) is 13.8. The molecule has 1 heterocycles. The van der Waals surface area contributed by atoms with Crippen LogP contribution in [0, 0.1) is 5.41 Å². The number of unbranched alkanes of at least 4 members (excludes halogenated alkanes) is 10. The fourth-order valence-electron chi connectivity index (χ4n) is 5.53. The highest BCUT2D eigenvalue weighted by Gasteiger charge is 2.39. The van der Waals surface area contributed by atoms with Crippen LogP contribution in [0.15, 0.2) is 12.2 Å². The molecule has 0 radical (unpaired) electrons. The predicted octanol–water partition coefficient (Wildman–Crippen LogP) is 3.79. The largest absolute Gasteiger partial charge is 0.460 e. The summed E-state index contributed by atoms with van der Waals surface area (Å²) in [6.45, 7) is 8.18. The Hall–Kier alpha value is -2.05. The summed E-state index contributed by atoms with van der Waals surface area (Å²) in [5.41, 5.74) is -0.274. The summed E-state index contributed by atoms with van der Waals surface area (Å²) in [7, 11) is 1.19. The monoisotopic (exact) mass is 656 g/mol. The molecule has 0 saturated carbocycles. The van der Waals surface area contributed by atoms with Crippen LogP contribution in [-0.2, 0) is 23.9 Å². The third-order valence-electron chi connectivity index (χ3n) is 8.31. The molecule has 5 N–H and O–H groups in total. The zero-order chi connectivity index (χ0) is 34.5. The van der Waals surface area contributed by atoms with Gasteiger partial charge in [-0.25, -0.2) is 0 Å². The van der Waals surface area contributed by atoms with Crippen molar-refractivity contribution < 1.29 is 44.3 Å². The number of methoxy groups -OCH3 is 1. The molecular formula is C35H64N2O9. The molecule has 0 aromatic carbocycles. The number of esters is 1. The first-order valence-electron chi connectivity index (χ1n) is 17.5. The summed E-state index contributed by atoms with van der Waals surface area (Å²) >= 11 is 0. The Morgan fingerprint density at radius 2 is 1.52 bits per heavy atom. The zero-order valence-electron chi connectivity index (χ0n) is 29.1. The number of carbonyl (C=O) groups is 3. The van der Waals surface area contributed by atoms with Gasteiger partial charge in [-0.1, -0.05) is 104 Å². The van der Waals surface area contributed by atoms with Crippen LogP contribution in [0.1, 0.15) is 124 Å². The Morgan fingerprint density at radius 3 is 2.07 bits per heavy atom. The SMILES string of the molecule is CCCCCCCCCCCCCC(=O)O[C@H]1CC[C@H](NC(=O)[C@H](OC)[C@H](O)[C@@H](O)[C@H](O)/C=C/C(C)(C)C)C(=O)N(CCCO)C1. The van der Waals surface area contributed by atoms with Crippen molar-refractivity contribution in [1.29, 1.82) is 0 Å². The molecule has 1 saturated heterocycles. The molecule has 11 nitrogen and oxygen atoms in total. The number of allylic oxidation sites excluding steroid dienone is 1. The van der Waals surface area contributed by atoms with E-state index in [1.165, 1.54) is 69.5 Å². The van der Waals surface area contributed by atoms with Crippen molar-refractivity contribution in [3.63, 3.8) is 0 Å². The molecule has 0 aromatic heterocycles. The first-order chi connectivity index (χ1) is 21.8. The average molecular weight is 657 g/mol. The Balaban J connectivity index is 2.66. The quantitative estimate of drug-likeness (QED) is 0.0625. The van der Waals surface area contributed by atoms with E-state index in [4.69, 9.17) is 9.47 Å². The summed E-state index contributed by atoms with van der Waals surface area (Å²) in [5.74, 6) is -1.54. The number of likely N-dealkylation sites (tertiary alicyclic amines) is 1. The molecule has 46 heavy (non-hydrogen) atoms. The van der Waals surface area contributed by atoms with Crippen molar-refractivity contribution in [2.45, 2.75) is 161 Å². The van der Waals surface area contributed by atoms with Crippen LogP contribution in [0.5, 0.6) is 0 Å². The molecule has 0 aromatic rings. The van der Waals surface area contributed by atoms with E-state index in [-0.39, 0.29) is 37.5 Å². The maximum absolute atomic E-state index is 13.4. The van der Waals surface area contributed by atoms with Gasteiger partial charge in [-0.3, -0.25) is 14.4 Å². The summed E-state index contributed by atoms with van der Waals surface area (Å²) < 4.78 is 10.9. The van der Waals surface area contributed by atoms with Crippen molar-refractivity contribution in [2.24, 2.45) is 5.41 Å². The van der Waals surface area contributed by atoms with E-state index in [1.807, 2.05) is 20.8 Å². The lowest BCUT2D eigenvalue weighted by molar-refractivity contribution is -0.152. The van der Waals surface area contributed by atoms with Gasteiger partial charge in [0.1, 0.15) is 30.5 Å². The highest BCUT2D eigenvalue weighted by atomic mass is 16.5. The molecule has 1 aliphatic rings. The van der Waals surface area contributed by atoms with E-state index < -0.39 is 48.4 Å². The molecular weight excluding hydrogens is 592 g/mol. The summed E-state index contributed by atoms with van der Waals surface area (Å²) in [5, 5.41) is 43.5. The van der Waals surface area contributed by atoms with Gasteiger partial charge < -0.3 is 40.1 Å². The Bertz CT molecular complexity index is 892. The van der Waals surface area contributed by atoms with Crippen LogP contribution < -0.4 is 5.32 Å². The normalized spacial score (nSPS) is 20.3. The summed E-state index contributed by atoms with van der Waals surface area (Å²) in [6, 6.07) is -0.991. The fraction of sp³-hybridized carbons (Fsp3) is 0.857. The van der Waals surface area contributed by atoms with Gasteiger partial charge >= 0.3 is 5.97 Å². The maximum Gasteiger partial charge on any atom is 0.306 e. The zero-order valence-corrected chi connectivity index (χ0v) is 29.1. The highest BCUT2D eigenvalue weighted by Crippen LogP contribution is 2.20. The molecule has 11 heteroatoms. The number of aliphatic hydroxyl groups is 4. The minimum atomic E-state index is -1.78. The van der Waals surface area contributed by atoms with Crippen LogP contribution in [0.4, 0.5) is 0 Å². The number of carbonyl (C=O) groups excluding carboxylic acids is 3. The van der Waals surface area contributed by atoms with Crippen LogP contribution in [0.3, 0.4) is 0 Å². The molecule has 2 amide bonds. The number of amides is 2. The third-order valence-corrected chi connectivity index (χ3v) is 8.31. The molecule has 268 valence electrons. The van der Waals surface area contributed by atoms with Crippen molar-refractivity contribution >= 4 is 17.8 Å². The van der Waals surface area contributed by atoms with Crippen molar-refractivity contribution in [3.05, 3.63) is 12.2 Å². The van der Waals surface area contributed by atoms with Gasteiger partial charge in [0.2, 0.25) is 5.91 Å². The topological polar surface area (TPSA) is 166 Å². The molecule has 0 aliphatic carbocycles. The van der Waals surface area contributed by atoms with Gasteiger partial charge in [0, 0.05) is 26.7 Å². The van der Waals surface area contributed by atoms with E-state index in [0.29, 0.717) is 19.3 Å². The van der Waals surface area contributed by atoms with Crippen LogP contribution >= 0.6 is 0 Å². The van der Waals surface area contributed by atoms with Gasteiger partial charge in [0.25, 0.3) is 5.91 Å². The third kappa shape index (κ3) is 17.2. The number of nitrogens with zero attached hydrogens (tertiary/aromatic N) is 1.